The first kappa shape index (κ1) is 42.5. The van der Waals surface area contributed by atoms with Crippen molar-refractivity contribution in [3.8, 4) is 0 Å². The predicted octanol–water partition coefficient (Wildman–Crippen LogP) is 3.40. The maximum Gasteiger partial charge on any atom is 0.133 e. The zero-order valence-corrected chi connectivity index (χ0v) is 29.7. The van der Waals surface area contributed by atoms with Crippen molar-refractivity contribution in [2.45, 2.75) is 105 Å². The minimum absolute atomic E-state index is 0.0110. The van der Waals surface area contributed by atoms with E-state index in [1.54, 1.807) is 0 Å². The largest absolute Gasteiger partial charge is 0.378 e. The van der Waals surface area contributed by atoms with Crippen LogP contribution in [-0.2, 0) is 38.2 Å². The van der Waals surface area contributed by atoms with E-state index < -0.39 is 5.41 Å². The zero-order chi connectivity index (χ0) is 32.9. The molecule has 0 unspecified atom stereocenters. The van der Waals surface area contributed by atoms with Gasteiger partial charge in [-0.15, -0.1) is 0 Å². The molecular weight excluding hydrogens is 556 g/mol. The zero-order valence-electron chi connectivity index (χ0n) is 29.7. The lowest BCUT2D eigenvalue weighted by Crippen LogP contribution is -2.43. The van der Waals surface area contributed by atoms with Gasteiger partial charge in [0.05, 0.1) is 91.7 Å². The molecule has 4 N–H and O–H groups in total. The summed E-state index contributed by atoms with van der Waals surface area (Å²) in [5, 5.41) is 13.1. The monoisotopic (exact) mass is 625 g/mol. The molecule has 12 nitrogen and oxygen atoms in total. The van der Waals surface area contributed by atoms with Crippen LogP contribution in [0.1, 0.15) is 83.1 Å². The highest BCUT2D eigenvalue weighted by molar-refractivity contribution is 4.79. The SMILES string of the molecule is CC(C)(C)NCOCCOCC(COCCOCNC(C)(C)C)(COCCOCNC(C)(C)C)COOCNC(C)(C)C. The van der Waals surface area contributed by atoms with Crippen molar-refractivity contribution in [1.29, 1.82) is 0 Å². The van der Waals surface area contributed by atoms with Gasteiger partial charge < -0.3 is 28.4 Å². The smallest absolute Gasteiger partial charge is 0.133 e. The van der Waals surface area contributed by atoms with E-state index in [4.69, 9.17) is 38.2 Å². The highest BCUT2D eigenvalue weighted by Crippen LogP contribution is 2.21. The molecule has 12 heteroatoms. The van der Waals surface area contributed by atoms with Crippen LogP contribution in [0.25, 0.3) is 0 Å². The van der Waals surface area contributed by atoms with Gasteiger partial charge in [-0.2, -0.15) is 0 Å². The van der Waals surface area contributed by atoms with Crippen LogP contribution in [0, 0.1) is 5.41 Å². The first-order chi connectivity index (χ1) is 19.8. The van der Waals surface area contributed by atoms with Crippen LogP contribution >= 0.6 is 0 Å². The standard InChI is InChI=1S/C31H68N4O8/c1-27(2,3)32-23-39-16-13-36-19-31(22-42-43-26-35-30(10,11)12,20-37-14-17-40-24-33-28(4,5)6)21-38-15-18-41-25-34-29(7,8)9/h32-35H,13-26H2,1-12H3. The number of hydrogen-bond acceptors (Lipinski definition) is 12. The Hall–Kier alpha value is -0.480. The molecule has 0 aromatic carbocycles. The van der Waals surface area contributed by atoms with E-state index in [-0.39, 0.29) is 35.5 Å². The Balaban J connectivity index is 5.06. The molecule has 0 aliphatic carbocycles. The van der Waals surface area contributed by atoms with Crippen molar-refractivity contribution in [2.75, 3.05) is 93.0 Å². The average Bonchev–Trinajstić information content (AvgIpc) is 2.84. The van der Waals surface area contributed by atoms with Gasteiger partial charge in [0.25, 0.3) is 0 Å². The summed E-state index contributed by atoms with van der Waals surface area (Å²) in [4.78, 5) is 11.1. The molecule has 0 saturated carbocycles. The fourth-order valence-electron chi connectivity index (χ4n) is 2.94. The second-order valence-corrected chi connectivity index (χ2v) is 15.0. The van der Waals surface area contributed by atoms with E-state index >= 15 is 0 Å². The van der Waals surface area contributed by atoms with Gasteiger partial charge in [-0.3, -0.25) is 21.3 Å². The average molecular weight is 625 g/mol. The normalized spacial score (nSPS) is 13.7. The van der Waals surface area contributed by atoms with Gasteiger partial charge >= 0.3 is 0 Å². The van der Waals surface area contributed by atoms with Crippen LogP contribution in [0.2, 0.25) is 0 Å². The fraction of sp³-hybridized carbons (Fsp3) is 1.00. The molecule has 0 spiro atoms. The lowest BCUT2D eigenvalue weighted by Gasteiger charge is -2.32. The van der Waals surface area contributed by atoms with E-state index in [0.29, 0.717) is 79.7 Å². The van der Waals surface area contributed by atoms with Gasteiger partial charge in [-0.25, -0.2) is 9.78 Å². The van der Waals surface area contributed by atoms with Crippen molar-refractivity contribution >= 4 is 0 Å². The molecule has 0 heterocycles. The second-order valence-electron chi connectivity index (χ2n) is 15.0. The third-order valence-corrected chi connectivity index (χ3v) is 5.56. The quantitative estimate of drug-likeness (QED) is 0.0488. The van der Waals surface area contributed by atoms with Crippen LogP contribution in [0.5, 0.6) is 0 Å². The Morgan fingerprint density at radius 3 is 0.907 bits per heavy atom. The number of nitrogens with one attached hydrogen (secondary N) is 4. The van der Waals surface area contributed by atoms with Gasteiger partial charge in [-0.1, -0.05) is 0 Å². The van der Waals surface area contributed by atoms with Gasteiger partial charge in [-0.05, 0) is 83.1 Å². The van der Waals surface area contributed by atoms with Gasteiger partial charge in [0.2, 0.25) is 0 Å². The summed E-state index contributed by atoms with van der Waals surface area (Å²) in [7, 11) is 0. The van der Waals surface area contributed by atoms with E-state index in [1.807, 2.05) is 0 Å². The Morgan fingerprint density at radius 2 is 0.605 bits per heavy atom. The third kappa shape index (κ3) is 31.3. The molecular formula is C31H68N4O8. The summed E-state index contributed by atoms with van der Waals surface area (Å²) >= 11 is 0. The van der Waals surface area contributed by atoms with Crippen molar-refractivity contribution in [2.24, 2.45) is 5.41 Å². The molecule has 0 saturated heterocycles. The molecule has 0 aliphatic rings. The van der Waals surface area contributed by atoms with E-state index in [2.05, 4.69) is 104 Å². The molecule has 43 heavy (non-hydrogen) atoms. The van der Waals surface area contributed by atoms with Crippen LogP contribution < -0.4 is 21.3 Å². The topological polar surface area (TPSA) is 122 Å². The Morgan fingerprint density at radius 1 is 0.326 bits per heavy atom. The molecule has 260 valence electrons. The van der Waals surface area contributed by atoms with Crippen LogP contribution in [0.4, 0.5) is 0 Å². The van der Waals surface area contributed by atoms with Crippen molar-refractivity contribution in [3.05, 3.63) is 0 Å². The molecule has 0 radical (unpaired) electrons. The molecule has 0 fully saturated rings. The minimum Gasteiger partial charge on any atom is -0.378 e. The second kappa shape index (κ2) is 22.1. The van der Waals surface area contributed by atoms with Crippen LogP contribution in [0.3, 0.4) is 0 Å². The van der Waals surface area contributed by atoms with Crippen molar-refractivity contribution in [1.82, 2.24) is 21.3 Å². The van der Waals surface area contributed by atoms with Gasteiger partial charge in [0, 0.05) is 22.2 Å². The minimum atomic E-state index is -0.626. The summed E-state index contributed by atoms with van der Waals surface area (Å²) in [6.45, 7) is 30.5. The van der Waals surface area contributed by atoms with E-state index in [9.17, 15) is 0 Å². The predicted molar refractivity (Wildman–Crippen MR) is 171 cm³/mol. The Bertz CT molecular complexity index is 589. The summed E-state index contributed by atoms with van der Waals surface area (Å²) in [5.41, 5.74) is -0.755. The lowest BCUT2D eigenvalue weighted by molar-refractivity contribution is -0.324. The van der Waals surface area contributed by atoms with Crippen molar-refractivity contribution in [3.63, 3.8) is 0 Å². The first-order valence-electron chi connectivity index (χ1n) is 15.5. The summed E-state index contributed by atoms with van der Waals surface area (Å²) in [5.74, 6) is 0. The third-order valence-electron chi connectivity index (χ3n) is 5.56. The highest BCUT2D eigenvalue weighted by atomic mass is 17.2. The van der Waals surface area contributed by atoms with Crippen LogP contribution in [-0.4, -0.2) is 115 Å². The molecule has 0 amide bonds. The fourth-order valence-corrected chi connectivity index (χ4v) is 2.94. The molecule has 0 aromatic heterocycles. The van der Waals surface area contributed by atoms with Gasteiger partial charge in [0.15, 0.2) is 0 Å². The van der Waals surface area contributed by atoms with Crippen LogP contribution in [0.15, 0.2) is 0 Å². The summed E-state index contributed by atoms with van der Waals surface area (Å²) < 4.78 is 35.2. The molecule has 0 aromatic rings. The Labute approximate surface area is 263 Å². The molecule has 0 bridgehead atoms. The Kier molecular flexibility index (Phi) is 21.9. The number of hydrogen-bond donors (Lipinski definition) is 4. The summed E-state index contributed by atoms with van der Waals surface area (Å²) in [6.07, 6.45) is 0. The summed E-state index contributed by atoms with van der Waals surface area (Å²) in [6, 6.07) is 0. The maximum atomic E-state index is 6.06. The maximum absolute atomic E-state index is 6.06. The first-order valence-corrected chi connectivity index (χ1v) is 15.5. The molecule has 0 rings (SSSR count). The number of rotatable bonds is 26. The van der Waals surface area contributed by atoms with Crippen molar-refractivity contribution < 1.29 is 38.2 Å². The molecule has 0 atom stereocenters. The lowest BCUT2D eigenvalue weighted by atomic mass is 9.92. The number of ether oxygens (including phenoxy) is 6. The van der Waals surface area contributed by atoms with E-state index in [0.717, 1.165) is 0 Å². The van der Waals surface area contributed by atoms with Gasteiger partial charge in [0.1, 0.15) is 6.73 Å². The molecule has 0 aliphatic heterocycles. The highest BCUT2D eigenvalue weighted by Gasteiger charge is 2.33. The van der Waals surface area contributed by atoms with E-state index in [1.165, 1.54) is 0 Å².